The zero-order valence-electron chi connectivity index (χ0n) is 22.2. The van der Waals surface area contributed by atoms with Gasteiger partial charge in [-0.3, -0.25) is 14.4 Å². The molecule has 8 heteroatoms. The van der Waals surface area contributed by atoms with Gasteiger partial charge in [-0.05, 0) is 46.1 Å². The highest BCUT2D eigenvalue weighted by Gasteiger charge is 2.79. The van der Waals surface area contributed by atoms with Crippen LogP contribution in [-0.2, 0) is 23.9 Å². The van der Waals surface area contributed by atoms with Crippen LogP contribution in [0.25, 0.3) is 0 Å². The van der Waals surface area contributed by atoms with E-state index in [1.54, 1.807) is 11.0 Å². The molecule has 1 aromatic rings. The van der Waals surface area contributed by atoms with Crippen LogP contribution in [0.4, 0.5) is 0 Å². The summed E-state index contributed by atoms with van der Waals surface area (Å²) >= 11 is 0. The van der Waals surface area contributed by atoms with E-state index in [0.29, 0.717) is 18.4 Å². The van der Waals surface area contributed by atoms with Crippen molar-refractivity contribution in [1.82, 2.24) is 9.80 Å². The molecule has 3 saturated heterocycles. The second kappa shape index (κ2) is 9.72. The third-order valence-corrected chi connectivity index (χ3v) is 8.13. The van der Waals surface area contributed by atoms with E-state index in [1.165, 1.54) is 11.0 Å². The highest BCUT2D eigenvalue weighted by atomic mass is 16.6. The summed E-state index contributed by atoms with van der Waals surface area (Å²) < 4.78 is 12.1. The van der Waals surface area contributed by atoms with Crippen LogP contribution in [0.2, 0.25) is 0 Å². The maximum atomic E-state index is 14.5. The Kier molecular flexibility index (Phi) is 7.12. The van der Waals surface area contributed by atoms with E-state index in [-0.39, 0.29) is 31.6 Å². The third kappa shape index (κ3) is 4.20. The van der Waals surface area contributed by atoms with Gasteiger partial charge in [-0.25, -0.2) is 0 Å². The Hall–Kier alpha value is -2.97. The number of nitrogens with zero attached hydrogens (tertiary/aromatic N) is 2. The van der Waals surface area contributed by atoms with Crippen molar-refractivity contribution in [3.63, 3.8) is 0 Å². The molecule has 2 bridgehead atoms. The summed E-state index contributed by atoms with van der Waals surface area (Å²) in [7, 11) is 0. The minimum atomic E-state index is -1.21. The van der Waals surface area contributed by atoms with E-state index < -0.39 is 46.6 Å². The fraction of sp³-hybridized carbons (Fsp3) is 0.552. The standard InChI is InChI=1S/C29H38N2O6/c1-7-16-30(27(3,4)5)25(34)23-29-15-14-28(6,37-29)22(26(35)36-17-8-2)21(29)24(33)31(23)20(18-32)19-12-10-9-11-13-19/h7-13,20-23,32H,1-2,14-18H2,3-6H3/t20-,21+,22+,23?,28-,29?/m1/s1. The first-order valence-electron chi connectivity index (χ1n) is 12.8. The van der Waals surface area contributed by atoms with Gasteiger partial charge in [0.05, 0.1) is 24.2 Å². The molecule has 0 saturated carbocycles. The SMILES string of the molecule is C=CCOC(=O)[C@@H]1[C@H]2C(=O)N([C@H](CO)c3ccccc3)C(C(=O)N(CC=C)C(C)(C)C)C23CC[C@@]1(C)O3. The quantitative estimate of drug-likeness (QED) is 0.405. The Morgan fingerprint density at radius 3 is 2.49 bits per heavy atom. The normalized spacial score (nSPS) is 31.1. The first kappa shape index (κ1) is 27.1. The lowest BCUT2D eigenvalue weighted by atomic mass is 9.66. The Morgan fingerprint density at radius 2 is 1.92 bits per heavy atom. The predicted octanol–water partition coefficient (Wildman–Crippen LogP) is 3.03. The fourth-order valence-electron chi connectivity index (χ4n) is 6.57. The van der Waals surface area contributed by atoms with E-state index in [9.17, 15) is 19.5 Å². The average molecular weight is 511 g/mol. The number of carbonyl (C=O) groups is 3. The fourth-order valence-corrected chi connectivity index (χ4v) is 6.57. The summed E-state index contributed by atoms with van der Waals surface area (Å²) in [6, 6.07) is 7.33. The van der Waals surface area contributed by atoms with Crippen LogP contribution in [0.3, 0.4) is 0 Å². The molecule has 1 N–H and O–H groups in total. The third-order valence-electron chi connectivity index (χ3n) is 8.13. The van der Waals surface area contributed by atoms with Crippen molar-refractivity contribution in [1.29, 1.82) is 0 Å². The molecule has 3 aliphatic heterocycles. The molecule has 8 nitrogen and oxygen atoms in total. The minimum absolute atomic E-state index is 0.0197. The number of esters is 1. The zero-order valence-corrected chi connectivity index (χ0v) is 22.2. The molecule has 1 spiro atoms. The summed E-state index contributed by atoms with van der Waals surface area (Å²) in [6.45, 7) is 14.9. The summed E-state index contributed by atoms with van der Waals surface area (Å²) in [5, 5.41) is 10.6. The van der Waals surface area contributed by atoms with Gasteiger partial charge in [0.2, 0.25) is 11.8 Å². The van der Waals surface area contributed by atoms with Gasteiger partial charge in [-0.2, -0.15) is 0 Å². The van der Waals surface area contributed by atoms with Gasteiger partial charge in [-0.1, -0.05) is 49.1 Å². The van der Waals surface area contributed by atoms with Crippen molar-refractivity contribution in [3.05, 3.63) is 61.2 Å². The number of hydrogen-bond donors (Lipinski definition) is 1. The largest absolute Gasteiger partial charge is 0.461 e. The van der Waals surface area contributed by atoms with Gasteiger partial charge in [0.25, 0.3) is 0 Å². The molecule has 2 unspecified atom stereocenters. The number of amides is 2. The zero-order chi connectivity index (χ0) is 27.2. The van der Waals surface area contributed by atoms with Crippen LogP contribution in [0.15, 0.2) is 55.6 Å². The molecule has 3 aliphatic rings. The summed E-state index contributed by atoms with van der Waals surface area (Å²) in [4.78, 5) is 45.3. The van der Waals surface area contributed by atoms with Crippen LogP contribution < -0.4 is 0 Å². The van der Waals surface area contributed by atoms with E-state index in [4.69, 9.17) is 9.47 Å². The molecule has 1 aromatic carbocycles. The number of aliphatic hydroxyl groups is 1. The smallest absolute Gasteiger partial charge is 0.313 e. The van der Waals surface area contributed by atoms with Crippen LogP contribution in [0.1, 0.15) is 52.1 Å². The van der Waals surface area contributed by atoms with Crippen LogP contribution in [-0.4, -0.2) is 75.2 Å². The van der Waals surface area contributed by atoms with Crippen molar-refractivity contribution >= 4 is 17.8 Å². The van der Waals surface area contributed by atoms with Gasteiger partial charge in [0.1, 0.15) is 24.2 Å². The van der Waals surface area contributed by atoms with Gasteiger partial charge in [0.15, 0.2) is 0 Å². The molecule has 4 rings (SSSR count). The minimum Gasteiger partial charge on any atom is -0.461 e. The van der Waals surface area contributed by atoms with Crippen molar-refractivity contribution in [3.8, 4) is 0 Å². The predicted molar refractivity (Wildman–Crippen MR) is 138 cm³/mol. The summed E-state index contributed by atoms with van der Waals surface area (Å²) in [6.07, 6.45) is 4.09. The van der Waals surface area contributed by atoms with E-state index >= 15 is 0 Å². The molecule has 3 heterocycles. The monoisotopic (exact) mass is 510 g/mol. The number of benzene rings is 1. The molecule has 2 amide bonds. The van der Waals surface area contributed by atoms with E-state index in [0.717, 1.165) is 0 Å². The Balaban J connectivity index is 1.88. The Labute approximate surface area is 218 Å². The van der Waals surface area contributed by atoms with E-state index in [2.05, 4.69) is 13.2 Å². The molecule has 0 aliphatic carbocycles. The van der Waals surface area contributed by atoms with Crippen molar-refractivity contribution in [2.75, 3.05) is 19.8 Å². The number of aliphatic hydroxyl groups excluding tert-OH is 1. The first-order chi connectivity index (χ1) is 17.5. The maximum Gasteiger partial charge on any atom is 0.313 e. The van der Waals surface area contributed by atoms with Gasteiger partial charge < -0.3 is 24.4 Å². The maximum absolute atomic E-state index is 14.5. The number of ether oxygens (including phenoxy) is 2. The topological polar surface area (TPSA) is 96.4 Å². The molecular formula is C29H38N2O6. The average Bonchev–Trinajstić information content (AvgIpc) is 3.42. The Morgan fingerprint density at radius 1 is 1.24 bits per heavy atom. The lowest BCUT2D eigenvalue weighted by Crippen LogP contribution is -2.60. The van der Waals surface area contributed by atoms with Crippen molar-refractivity contribution in [2.45, 2.75) is 69.4 Å². The number of rotatable bonds is 9. The lowest BCUT2D eigenvalue weighted by Gasteiger charge is -2.43. The molecule has 3 fully saturated rings. The molecule has 6 atom stereocenters. The highest BCUT2D eigenvalue weighted by Crippen LogP contribution is 2.64. The van der Waals surface area contributed by atoms with Crippen LogP contribution in [0.5, 0.6) is 0 Å². The van der Waals surface area contributed by atoms with Gasteiger partial charge >= 0.3 is 5.97 Å². The van der Waals surface area contributed by atoms with Crippen LogP contribution in [0, 0.1) is 11.8 Å². The molecule has 200 valence electrons. The van der Waals surface area contributed by atoms with E-state index in [1.807, 2.05) is 58.0 Å². The Bertz CT molecular complexity index is 1080. The van der Waals surface area contributed by atoms with Crippen molar-refractivity contribution in [2.24, 2.45) is 11.8 Å². The van der Waals surface area contributed by atoms with Crippen LogP contribution >= 0.6 is 0 Å². The number of fused-ring (bicyclic) bond motifs is 1. The number of hydrogen-bond acceptors (Lipinski definition) is 6. The highest BCUT2D eigenvalue weighted by molar-refractivity contribution is 5.99. The molecule has 0 radical (unpaired) electrons. The second-order valence-electron chi connectivity index (χ2n) is 11.4. The van der Waals surface area contributed by atoms with Crippen molar-refractivity contribution < 1.29 is 29.0 Å². The summed E-state index contributed by atoms with van der Waals surface area (Å²) in [5.74, 6) is -2.97. The number of likely N-dealkylation sites (tertiary alicyclic amines) is 1. The summed E-state index contributed by atoms with van der Waals surface area (Å²) in [5.41, 5.74) is -2.02. The molecule has 0 aromatic heterocycles. The van der Waals surface area contributed by atoms with Gasteiger partial charge in [0, 0.05) is 12.1 Å². The van der Waals surface area contributed by atoms with Gasteiger partial charge in [-0.15, -0.1) is 6.58 Å². The lowest BCUT2D eigenvalue weighted by molar-refractivity contribution is -0.162. The second-order valence-corrected chi connectivity index (χ2v) is 11.4. The number of carbonyl (C=O) groups excluding carboxylic acids is 3. The first-order valence-corrected chi connectivity index (χ1v) is 12.8. The molecule has 37 heavy (non-hydrogen) atoms. The molecular weight excluding hydrogens is 472 g/mol.